The summed E-state index contributed by atoms with van der Waals surface area (Å²) in [4.78, 5) is 15.9. The highest BCUT2D eigenvalue weighted by molar-refractivity contribution is 5.78. The van der Waals surface area contributed by atoms with Gasteiger partial charge in [-0.15, -0.1) is 0 Å². The van der Waals surface area contributed by atoms with Crippen LogP contribution in [0.2, 0.25) is 0 Å². The lowest BCUT2D eigenvalue weighted by molar-refractivity contribution is -0.119. The van der Waals surface area contributed by atoms with Crippen LogP contribution in [-0.2, 0) is 4.79 Å². The van der Waals surface area contributed by atoms with Crippen LogP contribution in [0.25, 0.3) is 16.9 Å². The summed E-state index contributed by atoms with van der Waals surface area (Å²) in [5.41, 5.74) is 3.57. The van der Waals surface area contributed by atoms with Gasteiger partial charge in [0.1, 0.15) is 11.5 Å². The Kier molecular flexibility index (Phi) is 2.92. The zero-order valence-electron chi connectivity index (χ0n) is 11.8. The number of halogens is 1. The third-order valence-electron chi connectivity index (χ3n) is 4.01. The molecule has 0 radical (unpaired) electrons. The van der Waals surface area contributed by atoms with Crippen LogP contribution in [0.5, 0.6) is 0 Å². The molecule has 3 heterocycles. The highest BCUT2D eigenvalue weighted by Gasteiger charge is 2.22. The van der Waals surface area contributed by atoms with E-state index in [4.69, 9.17) is 0 Å². The maximum Gasteiger partial charge on any atom is 0.220 e. The lowest BCUT2D eigenvalue weighted by Gasteiger charge is -2.10. The predicted molar refractivity (Wildman–Crippen MR) is 80.7 cm³/mol. The molecule has 1 fully saturated rings. The maximum absolute atomic E-state index is 13.0. The minimum atomic E-state index is -0.258. The van der Waals surface area contributed by atoms with Gasteiger partial charge in [-0.25, -0.2) is 9.37 Å². The third-order valence-corrected chi connectivity index (χ3v) is 4.01. The molecule has 3 aromatic rings. The Morgan fingerprint density at radius 1 is 1.14 bits per heavy atom. The van der Waals surface area contributed by atoms with Gasteiger partial charge < -0.3 is 9.72 Å². The molecule has 1 atom stereocenters. The van der Waals surface area contributed by atoms with E-state index in [9.17, 15) is 9.18 Å². The Hall–Kier alpha value is -2.69. The minimum absolute atomic E-state index is 0.0774. The fourth-order valence-electron chi connectivity index (χ4n) is 2.84. The van der Waals surface area contributed by atoms with Crippen molar-refractivity contribution in [1.82, 2.24) is 14.7 Å². The quantitative estimate of drug-likeness (QED) is 0.789. The number of benzene rings is 1. The fourth-order valence-corrected chi connectivity index (χ4v) is 2.84. The summed E-state index contributed by atoms with van der Waals surface area (Å²) in [6, 6.07) is 10.3. The second-order valence-electron chi connectivity index (χ2n) is 5.52. The number of hydrogen-bond acceptors (Lipinski definition) is 2. The fraction of sp³-hybridized carbons (Fsp3) is 0.176. The summed E-state index contributed by atoms with van der Waals surface area (Å²) in [7, 11) is 0. The summed E-state index contributed by atoms with van der Waals surface area (Å²) < 4.78 is 14.9. The SMILES string of the molecule is O=C1CCC(c2ccc3nc(-c4ccc(F)cc4)cn3c2)N1. The lowest BCUT2D eigenvalue weighted by atomic mass is 10.1. The first-order valence-electron chi connectivity index (χ1n) is 7.23. The van der Waals surface area contributed by atoms with Gasteiger partial charge in [0.2, 0.25) is 5.91 Å². The number of fused-ring (bicyclic) bond motifs is 1. The van der Waals surface area contributed by atoms with E-state index in [0.717, 1.165) is 28.9 Å². The number of nitrogens with zero attached hydrogens (tertiary/aromatic N) is 2. The molecular weight excluding hydrogens is 281 g/mol. The predicted octanol–water partition coefficient (Wildman–Crippen LogP) is 3.09. The van der Waals surface area contributed by atoms with Crippen LogP contribution in [0.4, 0.5) is 4.39 Å². The molecule has 1 N–H and O–H groups in total. The molecule has 5 heteroatoms. The van der Waals surface area contributed by atoms with Gasteiger partial charge in [-0.05, 0) is 42.3 Å². The number of amides is 1. The number of aromatic nitrogens is 2. The monoisotopic (exact) mass is 295 g/mol. The Morgan fingerprint density at radius 2 is 1.95 bits per heavy atom. The second kappa shape index (κ2) is 4.94. The van der Waals surface area contributed by atoms with Crippen LogP contribution in [-0.4, -0.2) is 15.3 Å². The van der Waals surface area contributed by atoms with Gasteiger partial charge in [0.05, 0.1) is 11.7 Å². The van der Waals surface area contributed by atoms with E-state index in [1.54, 1.807) is 12.1 Å². The molecule has 0 aliphatic carbocycles. The molecule has 1 aliphatic heterocycles. The van der Waals surface area contributed by atoms with E-state index < -0.39 is 0 Å². The number of nitrogens with one attached hydrogen (secondary N) is 1. The van der Waals surface area contributed by atoms with Gasteiger partial charge in [-0.2, -0.15) is 0 Å². The molecule has 1 unspecified atom stereocenters. The lowest BCUT2D eigenvalue weighted by Crippen LogP contribution is -2.18. The largest absolute Gasteiger partial charge is 0.349 e. The summed E-state index contributed by atoms with van der Waals surface area (Å²) in [5.74, 6) is -0.158. The van der Waals surface area contributed by atoms with Crippen molar-refractivity contribution in [3.63, 3.8) is 0 Å². The van der Waals surface area contributed by atoms with Crippen molar-refractivity contribution in [2.75, 3.05) is 0 Å². The standard InChI is InChI=1S/C17H14FN3O/c18-13-4-1-11(2-5-13)15-10-21-9-12(3-7-16(21)19-15)14-6-8-17(22)20-14/h1-5,7,9-10,14H,6,8H2,(H,20,22). The van der Waals surface area contributed by atoms with Crippen LogP contribution in [0, 0.1) is 5.82 Å². The van der Waals surface area contributed by atoms with Crippen molar-refractivity contribution < 1.29 is 9.18 Å². The van der Waals surface area contributed by atoms with Crippen molar-refractivity contribution in [2.24, 2.45) is 0 Å². The smallest absolute Gasteiger partial charge is 0.220 e. The normalized spacial score (nSPS) is 17.9. The molecule has 110 valence electrons. The van der Waals surface area contributed by atoms with Gasteiger partial charge in [-0.1, -0.05) is 6.07 Å². The van der Waals surface area contributed by atoms with Gasteiger partial charge in [0.25, 0.3) is 0 Å². The van der Waals surface area contributed by atoms with Gasteiger partial charge in [0.15, 0.2) is 0 Å². The summed E-state index contributed by atoms with van der Waals surface area (Å²) >= 11 is 0. The molecule has 0 spiro atoms. The number of hydrogen-bond donors (Lipinski definition) is 1. The van der Waals surface area contributed by atoms with Crippen molar-refractivity contribution in [2.45, 2.75) is 18.9 Å². The Bertz CT molecular complexity index is 854. The number of rotatable bonds is 2. The van der Waals surface area contributed by atoms with Crippen molar-refractivity contribution in [3.8, 4) is 11.3 Å². The maximum atomic E-state index is 13.0. The topological polar surface area (TPSA) is 46.4 Å². The zero-order chi connectivity index (χ0) is 15.1. The van der Waals surface area contributed by atoms with Crippen LogP contribution >= 0.6 is 0 Å². The summed E-state index contributed by atoms with van der Waals surface area (Å²) in [5, 5.41) is 2.97. The Morgan fingerprint density at radius 3 is 2.68 bits per heavy atom. The van der Waals surface area contributed by atoms with E-state index in [-0.39, 0.29) is 17.8 Å². The zero-order valence-corrected chi connectivity index (χ0v) is 11.8. The highest BCUT2D eigenvalue weighted by atomic mass is 19.1. The number of pyridine rings is 1. The van der Waals surface area contributed by atoms with Crippen LogP contribution in [0.1, 0.15) is 24.4 Å². The van der Waals surface area contributed by atoms with Crippen molar-refractivity contribution in [3.05, 3.63) is 60.2 Å². The molecule has 22 heavy (non-hydrogen) atoms. The van der Waals surface area contributed by atoms with Crippen LogP contribution < -0.4 is 5.32 Å². The second-order valence-corrected chi connectivity index (χ2v) is 5.52. The first kappa shape index (κ1) is 13.0. The van der Waals surface area contributed by atoms with E-state index in [0.29, 0.717) is 6.42 Å². The average Bonchev–Trinajstić information content (AvgIpc) is 3.13. The van der Waals surface area contributed by atoms with E-state index in [2.05, 4.69) is 10.3 Å². The number of carbonyl (C=O) groups excluding carboxylic acids is 1. The first-order chi connectivity index (χ1) is 10.7. The molecule has 1 aliphatic rings. The van der Waals surface area contributed by atoms with E-state index >= 15 is 0 Å². The molecule has 1 saturated heterocycles. The first-order valence-corrected chi connectivity index (χ1v) is 7.23. The molecular formula is C17H14FN3O. The molecule has 0 bridgehead atoms. The molecule has 4 rings (SSSR count). The average molecular weight is 295 g/mol. The number of carbonyl (C=O) groups is 1. The van der Waals surface area contributed by atoms with Crippen molar-refractivity contribution in [1.29, 1.82) is 0 Å². The molecule has 1 amide bonds. The van der Waals surface area contributed by atoms with E-state index in [1.165, 1.54) is 12.1 Å². The third kappa shape index (κ3) is 2.24. The minimum Gasteiger partial charge on any atom is -0.349 e. The summed E-state index contributed by atoms with van der Waals surface area (Å²) in [6.07, 6.45) is 5.31. The molecule has 1 aromatic carbocycles. The van der Waals surface area contributed by atoms with Crippen LogP contribution in [0.15, 0.2) is 48.8 Å². The van der Waals surface area contributed by atoms with Gasteiger partial charge >= 0.3 is 0 Å². The Balaban J connectivity index is 1.71. The highest BCUT2D eigenvalue weighted by Crippen LogP contribution is 2.25. The van der Waals surface area contributed by atoms with Gasteiger partial charge in [-0.3, -0.25) is 4.79 Å². The molecule has 4 nitrogen and oxygen atoms in total. The molecule has 0 saturated carbocycles. The van der Waals surface area contributed by atoms with Crippen molar-refractivity contribution >= 4 is 11.6 Å². The van der Waals surface area contributed by atoms with Crippen LogP contribution in [0.3, 0.4) is 0 Å². The van der Waals surface area contributed by atoms with Gasteiger partial charge in [0, 0.05) is 24.4 Å². The van der Waals surface area contributed by atoms with E-state index in [1.807, 2.05) is 28.9 Å². The summed E-state index contributed by atoms with van der Waals surface area (Å²) in [6.45, 7) is 0. The molecule has 2 aromatic heterocycles. The number of imidazole rings is 1. The Labute approximate surface area is 126 Å².